The number of benzene rings is 2. The maximum Gasteiger partial charge on any atom is 0.221 e. The fourth-order valence-corrected chi connectivity index (χ4v) is 3.77. The first-order valence-electron chi connectivity index (χ1n) is 7.32. The molecule has 0 saturated carbocycles. The summed E-state index contributed by atoms with van der Waals surface area (Å²) in [6.07, 6.45) is 1.30. The molecule has 1 aromatic heterocycles. The van der Waals surface area contributed by atoms with E-state index in [4.69, 9.17) is 11.6 Å². The summed E-state index contributed by atoms with van der Waals surface area (Å²) in [7, 11) is -3.76. The Labute approximate surface area is 149 Å². The summed E-state index contributed by atoms with van der Waals surface area (Å²) < 4.78 is 25.2. The summed E-state index contributed by atoms with van der Waals surface area (Å²) in [5.41, 5.74) is 1.12. The third-order valence-electron chi connectivity index (χ3n) is 3.74. The highest BCUT2D eigenvalue weighted by Crippen LogP contribution is 2.26. The third-order valence-corrected chi connectivity index (χ3v) is 5.69. The van der Waals surface area contributed by atoms with Crippen molar-refractivity contribution in [3.8, 4) is 5.75 Å². The molecule has 1 heterocycles. The summed E-state index contributed by atoms with van der Waals surface area (Å²) in [6.45, 7) is 1.86. The zero-order valence-corrected chi connectivity index (χ0v) is 14.7. The van der Waals surface area contributed by atoms with E-state index in [0.29, 0.717) is 5.02 Å². The Morgan fingerprint density at radius 2 is 1.76 bits per heavy atom. The van der Waals surface area contributed by atoms with E-state index >= 15 is 0 Å². The molecule has 0 amide bonds. The molecule has 0 atom stereocenters. The van der Waals surface area contributed by atoms with Crippen LogP contribution in [-0.2, 0) is 9.84 Å². The molecular formula is C18H14ClNO4S. The molecule has 2 N–H and O–H groups in total. The van der Waals surface area contributed by atoms with Crippen LogP contribution >= 0.6 is 11.6 Å². The molecule has 0 aliphatic rings. The summed E-state index contributed by atoms with van der Waals surface area (Å²) in [5, 5.41) is 10.1. The van der Waals surface area contributed by atoms with Gasteiger partial charge >= 0.3 is 0 Å². The minimum Gasteiger partial charge on any atom is -0.507 e. The van der Waals surface area contributed by atoms with Gasteiger partial charge < -0.3 is 10.1 Å². The van der Waals surface area contributed by atoms with E-state index in [9.17, 15) is 18.3 Å². The standard InChI is InChI=1S/C18H14ClNO4S/c1-11-2-5-14(6-3-11)25(23,24)17-8-12(10-20-17)18(22)15-7-4-13(19)9-16(15)21/h2-10,20-21H,1H3. The van der Waals surface area contributed by atoms with Gasteiger partial charge in [-0.15, -0.1) is 0 Å². The predicted molar refractivity (Wildman–Crippen MR) is 94.0 cm³/mol. The maximum absolute atomic E-state index is 12.6. The molecule has 0 aliphatic carbocycles. The van der Waals surface area contributed by atoms with Crippen molar-refractivity contribution >= 4 is 27.2 Å². The van der Waals surface area contributed by atoms with Crippen molar-refractivity contribution in [3.05, 3.63) is 76.4 Å². The lowest BCUT2D eigenvalue weighted by atomic mass is 10.1. The molecule has 0 bridgehead atoms. The summed E-state index contributed by atoms with van der Waals surface area (Å²) in [4.78, 5) is 15.2. The van der Waals surface area contributed by atoms with Crippen LogP contribution in [0.3, 0.4) is 0 Å². The van der Waals surface area contributed by atoms with Gasteiger partial charge in [-0.3, -0.25) is 4.79 Å². The van der Waals surface area contributed by atoms with Crippen LogP contribution in [0.2, 0.25) is 5.02 Å². The molecule has 0 unspecified atom stereocenters. The van der Waals surface area contributed by atoms with Crippen LogP contribution in [-0.4, -0.2) is 24.3 Å². The molecule has 25 heavy (non-hydrogen) atoms. The van der Waals surface area contributed by atoms with Crippen molar-refractivity contribution in [1.82, 2.24) is 4.98 Å². The maximum atomic E-state index is 12.6. The van der Waals surface area contributed by atoms with Gasteiger partial charge in [0.25, 0.3) is 0 Å². The SMILES string of the molecule is Cc1ccc(S(=O)(=O)c2cc(C(=O)c3ccc(Cl)cc3O)c[nH]2)cc1. The second-order valence-electron chi connectivity index (χ2n) is 5.56. The molecule has 3 aromatic rings. The number of nitrogens with one attached hydrogen (secondary N) is 1. The number of H-pyrrole nitrogens is 1. The number of halogens is 1. The average molecular weight is 376 g/mol. The van der Waals surface area contributed by atoms with Gasteiger partial charge in [0, 0.05) is 16.8 Å². The van der Waals surface area contributed by atoms with Crippen molar-refractivity contribution in [3.63, 3.8) is 0 Å². The number of aryl methyl sites for hydroxylation is 1. The van der Waals surface area contributed by atoms with E-state index in [2.05, 4.69) is 4.98 Å². The monoisotopic (exact) mass is 375 g/mol. The Hall–Kier alpha value is -2.57. The van der Waals surface area contributed by atoms with Gasteiger partial charge in [-0.05, 0) is 43.3 Å². The number of hydrogen-bond donors (Lipinski definition) is 2. The Kier molecular flexibility index (Phi) is 4.41. The van der Waals surface area contributed by atoms with Crippen LogP contribution in [0.5, 0.6) is 5.75 Å². The highest BCUT2D eigenvalue weighted by atomic mass is 35.5. The number of ketones is 1. The van der Waals surface area contributed by atoms with Crippen LogP contribution in [0.4, 0.5) is 0 Å². The molecule has 0 radical (unpaired) electrons. The van der Waals surface area contributed by atoms with E-state index < -0.39 is 15.6 Å². The number of rotatable bonds is 4. The van der Waals surface area contributed by atoms with E-state index in [1.165, 1.54) is 42.6 Å². The quantitative estimate of drug-likeness (QED) is 0.680. The van der Waals surface area contributed by atoms with E-state index in [0.717, 1.165) is 5.56 Å². The highest BCUT2D eigenvalue weighted by Gasteiger charge is 2.22. The van der Waals surface area contributed by atoms with Gasteiger partial charge in [0.05, 0.1) is 10.5 Å². The number of carbonyl (C=O) groups excluding carboxylic acids is 1. The molecule has 128 valence electrons. The average Bonchev–Trinajstić information content (AvgIpc) is 3.05. The molecule has 3 rings (SSSR count). The molecule has 0 spiro atoms. The summed E-state index contributed by atoms with van der Waals surface area (Å²) >= 11 is 5.75. The fourth-order valence-electron chi connectivity index (χ4n) is 2.36. The normalized spacial score (nSPS) is 11.4. The van der Waals surface area contributed by atoms with Crippen LogP contribution in [0.1, 0.15) is 21.5 Å². The van der Waals surface area contributed by atoms with Crippen LogP contribution in [0.25, 0.3) is 0 Å². The first-order chi connectivity index (χ1) is 11.8. The Morgan fingerprint density at radius 3 is 2.40 bits per heavy atom. The zero-order valence-electron chi connectivity index (χ0n) is 13.2. The topological polar surface area (TPSA) is 87.2 Å². The van der Waals surface area contributed by atoms with Crippen molar-refractivity contribution in [2.24, 2.45) is 0 Å². The van der Waals surface area contributed by atoms with E-state index in [1.54, 1.807) is 12.1 Å². The van der Waals surface area contributed by atoms with Gasteiger partial charge in [0.1, 0.15) is 10.8 Å². The van der Waals surface area contributed by atoms with Crippen molar-refractivity contribution in [1.29, 1.82) is 0 Å². The van der Waals surface area contributed by atoms with Gasteiger partial charge in [-0.2, -0.15) is 0 Å². The van der Waals surface area contributed by atoms with Crippen molar-refractivity contribution < 1.29 is 18.3 Å². The third kappa shape index (κ3) is 3.31. The number of carbonyl (C=O) groups is 1. The van der Waals surface area contributed by atoms with Crippen molar-refractivity contribution in [2.45, 2.75) is 16.8 Å². The van der Waals surface area contributed by atoms with Gasteiger partial charge in [0.2, 0.25) is 9.84 Å². The lowest BCUT2D eigenvalue weighted by molar-refractivity contribution is 0.103. The molecule has 7 heteroatoms. The fraction of sp³-hybridized carbons (Fsp3) is 0.0556. The number of sulfone groups is 1. The largest absolute Gasteiger partial charge is 0.507 e. The Balaban J connectivity index is 1.97. The first-order valence-corrected chi connectivity index (χ1v) is 9.18. The predicted octanol–water partition coefficient (Wildman–Crippen LogP) is 3.75. The van der Waals surface area contributed by atoms with Crippen LogP contribution in [0, 0.1) is 6.92 Å². The number of aromatic hydroxyl groups is 1. The van der Waals surface area contributed by atoms with Crippen LogP contribution in [0.15, 0.2) is 64.6 Å². The van der Waals surface area contributed by atoms with Gasteiger partial charge in [0.15, 0.2) is 5.78 Å². The molecule has 0 saturated heterocycles. The lowest BCUT2D eigenvalue weighted by Crippen LogP contribution is -2.03. The molecule has 5 nitrogen and oxygen atoms in total. The second-order valence-corrected chi connectivity index (χ2v) is 7.91. The van der Waals surface area contributed by atoms with Gasteiger partial charge in [-0.25, -0.2) is 8.42 Å². The smallest absolute Gasteiger partial charge is 0.221 e. The highest BCUT2D eigenvalue weighted by molar-refractivity contribution is 7.91. The first kappa shape index (κ1) is 17.3. The Bertz CT molecular complexity index is 1050. The molecule has 0 aliphatic heterocycles. The van der Waals surface area contributed by atoms with Crippen LogP contribution < -0.4 is 0 Å². The second kappa shape index (κ2) is 6.38. The van der Waals surface area contributed by atoms with E-state index in [1.807, 2.05) is 6.92 Å². The number of phenols is 1. The number of hydrogen-bond acceptors (Lipinski definition) is 4. The molecule has 0 fully saturated rings. The van der Waals surface area contributed by atoms with Gasteiger partial charge in [-0.1, -0.05) is 29.3 Å². The Morgan fingerprint density at radius 1 is 1.08 bits per heavy atom. The molecular weight excluding hydrogens is 362 g/mol. The number of aromatic amines is 1. The van der Waals surface area contributed by atoms with E-state index in [-0.39, 0.29) is 26.8 Å². The lowest BCUT2D eigenvalue weighted by Gasteiger charge is -2.03. The molecule has 2 aromatic carbocycles. The number of phenolic OH excluding ortho intramolecular Hbond substituents is 1. The summed E-state index contributed by atoms with van der Waals surface area (Å²) in [5.74, 6) is -0.766. The van der Waals surface area contributed by atoms with Crippen molar-refractivity contribution in [2.75, 3.05) is 0 Å². The minimum atomic E-state index is -3.76. The minimum absolute atomic E-state index is 0.0442. The summed E-state index contributed by atoms with van der Waals surface area (Å²) in [6, 6.07) is 11.8. The number of aromatic nitrogens is 1. The zero-order chi connectivity index (χ0) is 18.2.